The number of nitro benzene ring substituents is 1. The molecule has 0 unspecified atom stereocenters. The van der Waals surface area contributed by atoms with Gasteiger partial charge in [-0.05, 0) is 44.0 Å². The molecule has 0 spiro atoms. The first-order chi connectivity index (χ1) is 13.7. The molecule has 9 nitrogen and oxygen atoms in total. The highest BCUT2D eigenvalue weighted by atomic mass is 16.6. The maximum Gasteiger partial charge on any atom is 0.344 e. The predicted molar refractivity (Wildman–Crippen MR) is 105 cm³/mol. The Labute approximate surface area is 167 Å². The van der Waals surface area contributed by atoms with E-state index in [0.717, 1.165) is 17.2 Å². The largest absolute Gasteiger partial charge is 0.495 e. The molecule has 0 bridgehead atoms. The molecule has 0 aromatic heterocycles. The Morgan fingerprint density at radius 3 is 2.52 bits per heavy atom. The van der Waals surface area contributed by atoms with E-state index in [-0.39, 0.29) is 23.7 Å². The molecule has 0 radical (unpaired) electrons. The van der Waals surface area contributed by atoms with Gasteiger partial charge in [-0.1, -0.05) is 12.1 Å². The smallest absolute Gasteiger partial charge is 0.344 e. The lowest BCUT2D eigenvalue weighted by molar-refractivity contribution is -0.384. The van der Waals surface area contributed by atoms with E-state index < -0.39 is 22.9 Å². The first-order valence-electron chi connectivity index (χ1n) is 8.74. The number of nitrogens with one attached hydrogen (secondary N) is 1. The molecule has 0 aliphatic carbocycles. The number of hydrogen-bond acceptors (Lipinski definition) is 7. The van der Waals surface area contributed by atoms with Gasteiger partial charge in [0.2, 0.25) is 0 Å². The van der Waals surface area contributed by atoms with Crippen LogP contribution >= 0.6 is 0 Å². The lowest BCUT2D eigenvalue weighted by atomic mass is 10.1. The van der Waals surface area contributed by atoms with Crippen LogP contribution in [-0.4, -0.2) is 36.6 Å². The molecular formula is C20H22N2O7. The molecule has 0 saturated heterocycles. The number of hydrogen-bond donors (Lipinski definition) is 1. The quantitative estimate of drug-likeness (QED) is 0.409. The number of esters is 1. The molecule has 9 heteroatoms. The Hall–Kier alpha value is -3.62. The molecule has 154 valence electrons. The monoisotopic (exact) mass is 402 g/mol. The van der Waals surface area contributed by atoms with Crippen LogP contribution in [0.1, 0.15) is 18.1 Å². The molecule has 2 aromatic carbocycles. The fourth-order valence-corrected chi connectivity index (χ4v) is 2.43. The van der Waals surface area contributed by atoms with Gasteiger partial charge in [0.25, 0.3) is 11.6 Å². The Balaban J connectivity index is 1.96. The summed E-state index contributed by atoms with van der Waals surface area (Å²) in [6, 6.07) is 9.38. The number of ether oxygens (including phenoxy) is 3. The number of aryl methyl sites for hydroxylation is 2. The van der Waals surface area contributed by atoms with Crippen molar-refractivity contribution in [3.05, 3.63) is 57.6 Å². The van der Waals surface area contributed by atoms with Crippen molar-refractivity contribution in [3.63, 3.8) is 0 Å². The maximum atomic E-state index is 12.3. The Bertz CT molecular complexity index is 927. The topological polar surface area (TPSA) is 117 Å². The van der Waals surface area contributed by atoms with Gasteiger partial charge in [-0.25, -0.2) is 4.79 Å². The van der Waals surface area contributed by atoms with Crippen molar-refractivity contribution in [2.75, 3.05) is 19.0 Å². The van der Waals surface area contributed by atoms with Crippen LogP contribution in [0.4, 0.5) is 11.4 Å². The minimum absolute atomic E-state index is 0.0984. The van der Waals surface area contributed by atoms with Crippen LogP contribution in [-0.2, 0) is 14.3 Å². The van der Waals surface area contributed by atoms with Gasteiger partial charge in [-0.2, -0.15) is 0 Å². The zero-order valence-corrected chi connectivity index (χ0v) is 16.6. The maximum absolute atomic E-state index is 12.3. The van der Waals surface area contributed by atoms with Crippen molar-refractivity contribution in [1.82, 2.24) is 0 Å². The molecule has 1 atom stereocenters. The third-order valence-electron chi connectivity index (χ3n) is 4.02. The zero-order valence-electron chi connectivity index (χ0n) is 16.6. The third kappa shape index (κ3) is 5.93. The van der Waals surface area contributed by atoms with Crippen molar-refractivity contribution >= 4 is 23.3 Å². The Kier molecular flexibility index (Phi) is 7.13. The van der Waals surface area contributed by atoms with Gasteiger partial charge in [-0.3, -0.25) is 14.9 Å². The highest BCUT2D eigenvalue weighted by Crippen LogP contribution is 2.29. The van der Waals surface area contributed by atoms with Crippen molar-refractivity contribution in [3.8, 4) is 11.5 Å². The second kappa shape index (κ2) is 9.54. The molecule has 0 saturated carbocycles. The van der Waals surface area contributed by atoms with Crippen molar-refractivity contribution in [2.45, 2.75) is 26.9 Å². The highest BCUT2D eigenvalue weighted by molar-refractivity contribution is 5.96. The van der Waals surface area contributed by atoms with Crippen molar-refractivity contribution in [1.29, 1.82) is 0 Å². The van der Waals surface area contributed by atoms with E-state index in [2.05, 4.69) is 5.32 Å². The van der Waals surface area contributed by atoms with Crippen LogP contribution in [0.5, 0.6) is 11.5 Å². The van der Waals surface area contributed by atoms with E-state index >= 15 is 0 Å². The Morgan fingerprint density at radius 1 is 1.14 bits per heavy atom. The number of carbonyl (C=O) groups is 2. The summed E-state index contributed by atoms with van der Waals surface area (Å²) in [4.78, 5) is 34.6. The van der Waals surface area contributed by atoms with Gasteiger partial charge in [0.05, 0.1) is 17.7 Å². The molecule has 0 aliphatic heterocycles. The number of nitrogens with zero attached hydrogens (tertiary/aromatic N) is 1. The molecule has 1 N–H and O–H groups in total. The number of carbonyl (C=O) groups excluding carboxylic acids is 2. The summed E-state index contributed by atoms with van der Waals surface area (Å²) in [6.07, 6.45) is -1.14. The number of nitro groups is 1. The summed E-state index contributed by atoms with van der Waals surface area (Å²) in [7, 11) is 1.37. The fourth-order valence-electron chi connectivity index (χ4n) is 2.43. The van der Waals surface area contributed by atoms with Gasteiger partial charge in [0, 0.05) is 12.1 Å². The third-order valence-corrected chi connectivity index (χ3v) is 4.02. The second-order valence-corrected chi connectivity index (χ2v) is 6.32. The van der Waals surface area contributed by atoms with E-state index in [1.165, 1.54) is 26.2 Å². The summed E-state index contributed by atoms with van der Waals surface area (Å²) in [5.41, 5.74) is 1.73. The SMILES string of the molecule is COc1ccc([N+](=O)[O-])cc1NC(=O)[C@H](C)OC(=O)COc1cc(C)ccc1C. The lowest BCUT2D eigenvalue weighted by Gasteiger charge is -2.15. The van der Waals surface area contributed by atoms with Gasteiger partial charge in [0.15, 0.2) is 12.7 Å². The second-order valence-electron chi connectivity index (χ2n) is 6.32. The van der Waals surface area contributed by atoms with Crippen LogP contribution in [0.2, 0.25) is 0 Å². The van der Waals surface area contributed by atoms with Crippen LogP contribution in [0, 0.1) is 24.0 Å². The molecule has 0 fully saturated rings. The molecule has 0 heterocycles. The van der Waals surface area contributed by atoms with Gasteiger partial charge in [-0.15, -0.1) is 0 Å². The van der Waals surface area contributed by atoms with Crippen LogP contribution in [0.3, 0.4) is 0 Å². The average molecular weight is 402 g/mol. The molecule has 1 amide bonds. The number of amides is 1. The van der Waals surface area contributed by atoms with Crippen LogP contribution < -0.4 is 14.8 Å². The standard InChI is InChI=1S/C20H22N2O7/c1-12-5-6-13(2)18(9-12)28-11-19(23)29-14(3)20(24)21-16-10-15(22(25)26)7-8-17(16)27-4/h5-10,14H,11H2,1-4H3,(H,21,24)/t14-/m0/s1. The Morgan fingerprint density at radius 2 is 1.86 bits per heavy atom. The van der Waals surface area contributed by atoms with E-state index in [1.807, 2.05) is 26.0 Å². The van der Waals surface area contributed by atoms with Gasteiger partial charge in [0.1, 0.15) is 11.5 Å². The normalized spacial score (nSPS) is 11.3. The summed E-state index contributed by atoms with van der Waals surface area (Å²) >= 11 is 0. The van der Waals surface area contributed by atoms with Crippen molar-refractivity contribution in [2.24, 2.45) is 0 Å². The highest BCUT2D eigenvalue weighted by Gasteiger charge is 2.21. The number of non-ortho nitro benzene ring substituents is 1. The zero-order chi connectivity index (χ0) is 21.6. The van der Waals surface area contributed by atoms with Crippen LogP contribution in [0.25, 0.3) is 0 Å². The van der Waals surface area contributed by atoms with E-state index in [0.29, 0.717) is 5.75 Å². The van der Waals surface area contributed by atoms with Crippen LogP contribution in [0.15, 0.2) is 36.4 Å². The number of rotatable bonds is 8. The van der Waals surface area contributed by atoms with E-state index in [4.69, 9.17) is 14.2 Å². The summed E-state index contributed by atoms with van der Waals surface area (Å²) in [5.74, 6) is -0.593. The summed E-state index contributed by atoms with van der Waals surface area (Å²) in [6.45, 7) is 4.78. The fraction of sp³-hybridized carbons (Fsp3) is 0.300. The first kappa shape index (κ1) is 21.7. The summed E-state index contributed by atoms with van der Waals surface area (Å²) in [5, 5.41) is 13.4. The van der Waals surface area contributed by atoms with Gasteiger partial charge >= 0.3 is 5.97 Å². The predicted octanol–water partition coefficient (Wildman–Crippen LogP) is 3.17. The first-order valence-corrected chi connectivity index (χ1v) is 8.74. The molecule has 2 rings (SSSR count). The lowest BCUT2D eigenvalue weighted by Crippen LogP contribution is -2.31. The van der Waals surface area contributed by atoms with Gasteiger partial charge < -0.3 is 19.5 Å². The van der Waals surface area contributed by atoms with E-state index in [1.54, 1.807) is 6.07 Å². The number of anilines is 1. The van der Waals surface area contributed by atoms with Crippen molar-refractivity contribution < 1.29 is 28.7 Å². The minimum Gasteiger partial charge on any atom is -0.495 e. The molecule has 2 aromatic rings. The molecule has 0 aliphatic rings. The number of methoxy groups -OCH3 is 1. The van der Waals surface area contributed by atoms with E-state index in [9.17, 15) is 19.7 Å². The minimum atomic E-state index is -1.14. The number of benzene rings is 2. The molecule has 29 heavy (non-hydrogen) atoms. The summed E-state index contributed by atoms with van der Waals surface area (Å²) < 4.78 is 15.6. The molecular weight excluding hydrogens is 380 g/mol. The average Bonchev–Trinajstić information content (AvgIpc) is 2.68.